The first kappa shape index (κ1) is 19.3. The molecule has 1 atom stereocenters. The maximum Gasteiger partial charge on any atom is 0.223 e. The van der Waals surface area contributed by atoms with E-state index in [1.54, 1.807) is 11.3 Å². The van der Waals surface area contributed by atoms with Crippen molar-refractivity contribution in [1.82, 2.24) is 14.9 Å². The quantitative estimate of drug-likeness (QED) is 0.802. The Labute approximate surface area is 170 Å². The molecule has 1 saturated heterocycles. The van der Waals surface area contributed by atoms with Gasteiger partial charge in [-0.1, -0.05) is 25.3 Å². The van der Waals surface area contributed by atoms with Gasteiger partial charge in [0.2, 0.25) is 5.91 Å². The minimum Gasteiger partial charge on any atom is -0.368 e. The van der Waals surface area contributed by atoms with Crippen molar-refractivity contribution in [2.75, 3.05) is 25.0 Å². The summed E-state index contributed by atoms with van der Waals surface area (Å²) in [6.45, 7) is 3.85. The lowest BCUT2D eigenvalue weighted by atomic mass is 9.86. The first-order valence-electron chi connectivity index (χ1n) is 10.2. The monoisotopic (exact) mass is 400 g/mol. The second-order valence-corrected chi connectivity index (χ2v) is 8.99. The molecule has 6 nitrogen and oxygen atoms in total. The molecular formula is C21H28N4O2S. The molecule has 1 saturated carbocycles. The van der Waals surface area contributed by atoms with Crippen molar-refractivity contribution in [3.8, 4) is 0 Å². The molecule has 0 bridgehead atoms. The van der Waals surface area contributed by atoms with Crippen molar-refractivity contribution < 1.29 is 9.53 Å². The zero-order valence-corrected chi connectivity index (χ0v) is 17.2. The number of amides is 1. The molecule has 2 aromatic rings. The molecule has 1 amide bonds. The SMILES string of the molecule is Cc1cnc(Nc2cccc(C3CN(C(=O)CC4CCCCC4)CCO3)n2)s1. The van der Waals surface area contributed by atoms with Crippen molar-refractivity contribution in [3.63, 3.8) is 0 Å². The van der Waals surface area contributed by atoms with Gasteiger partial charge in [-0.05, 0) is 37.8 Å². The van der Waals surface area contributed by atoms with Gasteiger partial charge < -0.3 is 15.0 Å². The lowest BCUT2D eigenvalue weighted by Gasteiger charge is -2.34. The van der Waals surface area contributed by atoms with Crippen molar-refractivity contribution in [1.29, 1.82) is 0 Å². The van der Waals surface area contributed by atoms with Gasteiger partial charge in [-0.15, -0.1) is 11.3 Å². The molecule has 3 heterocycles. The van der Waals surface area contributed by atoms with E-state index >= 15 is 0 Å². The minimum atomic E-state index is -0.177. The van der Waals surface area contributed by atoms with Crippen LogP contribution in [0.15, 0.2) is 24.4 Å². The fourth-order valence-electron chi connectivity index (χ4n) is 4.04. The molecule has 1 aliphatic carbocycles. The van der Waals surface area contributed by atoms with Crippen molar-refractivity contribution in [2.24, 2.45) is 5.92 Å². The molecule has 1 unspecified atom stereocenters. The number of carbonyl (C=O) groups excluding carboxylic acids is 1. The predicted octanol–water partition coefficient (Wildman–Crippen LogP) is 4.46. The summed E-state index contributed by atoms with van der Waals surface area (Å²) < 4.78 is 5.95. The Balaban J connectivity index is 1.38. The highest BCUT2D eigenvalue weighted by Gasteiger charge is 2.28. The van der Waals surface area contributed by atoms with Crippen molar-refractivity contribution in [3.05, 3.63) is 35.0 Å². The number of anilines is 2. The molecule has 7 heteroatoms. The van der Waals surface area contributed by atoms with E-state index in [9.17, 15) is 4.79 Å². The minimum absolute atomic E-state index is 0.177. The number of nitrogens with one attached hydrogen (secondary N) is 1. The molecule has 2 aliphatic rings. The van der Waals surface area contributed by atoms with Gasteiger partial charge in [0.25, 0.3) is 0 Å². The normalized spacial score (nSPS) is 20.9. The van der Waals surface area contributed by atoms with Crippen LogP contribution in [0.5, 0.6) is 0 Å². The standard InChI is InChI=1S/C21H28N4O2S/c1-15-13-22-21(28-15)24-19-9-5-8-17(23-19)18-14-25(10-11-27-18)20(26)12-16-6-3-2-4-7-16/h5,8-9,13,16,18H,2-4,6-7,10-12,14H2,1H3,(H,22,23,24). The van der Waals surface area contributed by atoms with E-state index in [4.69, 9.17) is 9.72 Å². The molecule has 28 heavy (non-hydrogen) atoms. The molecule has 150 valence electrons. The van der Waals surface area contributed by atoms with Crippen LogP contribution >= 0.6 is 11.3 Å². The van der Waals surface area contributed by atoms with Gasteiger partial charge in [-0.25, -0.2) is 9.97 Å². The molecule has 4 rings (SSSR count). The van der Waals surface area contributed by atoms with E-state index in [1.807, 2.05) is 36.2 Å². The van der Waals surface area contributed by atoms with Crippen molar-refractivity contribution >= 4 is 28.2 Å². The smallest absolute Gasteiger partial charge is 0.223 e. The van der Waals surface area contributed by atoms with Crippen LogP contribution in [0, 0.1) is 12.8 Å². The summed E-state index contributed by atoms with van der Waals surface area (Å²) in [7, 11) is 0. The van der Waals surface area contributed by atoms with Crippen LogP contribution in [-0.4, -0.2) is 40.5 Å². The molecule has 0 spiro atoms. The fraction of sp³-hybridized carbons (Fsp3) is 0.571. The van der Waals surface area contributed by atoms with Crippen LogP contribution in [0.2, 0.25) is 0 Å². The highest BCUT2D eigenvalue weighted by Crippen LogP contribution is 2.29. The largest absolute Gasteiger partial charge is 0.368 e. The van der Waals surface area contributed by atoms with Gasteiger partial charge in [0.1, 0.15) is 11.9 Å². The van der Waals surface area contributed by atoms with Gasteiger partial charge in [0.05, 0.1) is 18.8 Å². The van der Waals surface area contributed by atoms with Gasteiger partial charge in [0, 0.05) is 24.0 Å². The lowest BCUT2D eigenvalue weighted by Crippen LogP contribution is -2.43. The summed E-state index contributed by atoms with van der Waals surface area (Å²) >= 11 is 1.60. The van der Waals surface area contributed by atoms with E-state index in [1.165, 1.54) is 32.1 Å². The summed E-state index contributed by atoms with van der Waals surface area (Å²) in [6, 6.07) is 5.87. The Bertz CT molecular complexity index is 803. The molecule has 2 fully saturated rings. The number of carbonyl (C=O) groups is 1. The molecule has 2 aromatic heterocycles. The average Bonchev–Trinajstić information content (AvgIpc) is 3.13. The van der Waals surface area contributed by atoms with E-state index < -0.39 is 0 Å². The van der Waals surface area contributed by atoms with Gasteiger partial charge >= 0.3 is 0 Å². The maximum absolute atomic E-state index is 12.8. The average molecular weight is 401 g/mol. The van der Waals surface area contributed by atoms with E-state index in [-0.39, 0.29) is 12.0 Å². The highest BCUT2D eigenvalue weighted by atomic mass is 32.1. The number of thiazole rings is 1. The first-order valence-corrected chi connectivity index (χ1v) is 11.0. The lowest BCUT2D eigenvalue weighted by molar-refractivity contribution is -0.140. The summed E-state index contributed by atoms with van der Waals surface area (Å²) in [5.41, 5.74) is 0.855. The summed E-state index contributed by atoms with van der Waals surface area (Å²) in [5.74, 6) is 1.59. The summed E-state index contributed by atoms with van der Waals surface area (Å²) in [6.07, 6.45) is 8.61. The van der Waals surface area contributed by atoms with E-state index in [2.05, 4.69) is 10.3 Å². The first-order chi connectivity index (χ1) is 13.7. The topological polar surface area (TPSA) is 67.4 Å². The second kappa shape index (κ2) is 9.01. The van der Waals surface area contributed by atoms with E-state index in [0.717, 1.165) is 21.5 Å². The Hall–Kier alpha value is -1.99. The number of ether oxygens (including phenoxy) is 1. The van der Waals surface area contributed by atoms with Gasteiger partial charge in [0.15, 0.2) is 5.13 Å². The van der Waals surface area contributed by atoms with Crippen LogP contribution in [0.25, 0.3) is 0 Å². The summed E-state index contributed by atoms with van der Waals surface area (Å²) in [4.78, 5) is 24.9. The van der Waals surface area contributed by atoms with Crippen molar-refractivity contribution in [2.45, 2.75) is 51.6 Å². The van der Waals surface area contributed by atoms with Crippen LogP contribution < -0.4 is 5.32 Å². The zero-order valence-electron chi connectivity index (χ0n) is 16.4. The molecule has 1 N–H and O–H groups in total. The number of morpholine rings is 1. The Kier molecular flexibility index (Phi) is 6.22. The van der Waals surface area contributed by atoms with Crippen LogP contribution in [0.4, 0.5) is 10.9 Å². The number of aryl methyl sites for hydroxylation is 1. The number of aromatic nitrogens is 2. The van der Waals surface area contributed by atoms with Crippen LogP contribution in [0.3, 0.4) is 0 Å². The fourth-order valence-corrected chi connectivity index (χ4v) is 4.72. The third-order valence-corrected chi connectivity index (χ3v) is 6.39. The third-order valence-electron chi connectivity index (χ3n) is 5.56. The highest BCUT2D eigenvalue weighted by molar-refractivity contribution is 7.15. The summed E-state index contributed by atoms with van der Waals surface area (Å²) in [5, 5.41) is 4.08. The number of pyridine rings is 1. The second-order valence-electron chi connectivity index (χ2n) is 7.76. The maximum atomic E-state index is 12.8. The van der Waals surface area contributed by atoms with E-state index in [0.29, 0.717) is 32.0 Å². The Morgan fingerprint density at radius 2 is 2.18 bits per heavy atom. The predicted molar refractivity (Wildman–Crippen MR) is 111 cm³/mol. The molecule has 0 radical (unpaired) electrons. The number of nitrogens with zero attached hydrogens (tertiary/aromatic N) is 3. The zero-order chi connectivity index (χ0) is 19.3. The number of hydrogen-bond donors (Lipinski definition) is 1. The van der Waals surface area contributed by atoms with Crippen LogP contribution in [0.1, 0.15) is 55.2 Å². The Morgan fingerprint density at radius 3 is 2.96 bits per heavy atom. The third kappa shape index (κ3) is 4.89. The van der Waals surface area contributed by atoms with Gasteiger partial charge in [-0.2, -0.15) is 0 Å². The van der Waals surface area contributed by atoms with Crippen LogP contribution in [-0.2, 0) is 9.53 Å². The number of hydrogen-bond acceptors (Lipinski definition) is 6. The molecular weight excluding hydrogens is 372 g/mol. The molecule has 0 aromatic carbocycles. The molecule has 1 aliphatic heterocycles. The Morgan fingerprint density at radius 1 is 1.32 bits per heavy atom. The van der Waals surface area contributed by atoms with Gasteiger partial charge in [-0.3, -0.25) is 4.79 Å². The number of rotatable bonds is 5.